The van der Waals surface area contributed by atoms with Gasteiger partial charge in [-0.15, -0.1) is 6.58 Å². The molecule has 2 heteroatoms. The van der Waals surface area contributed by atoms with Gasteiger partial charge in [0.25, 0.3) is 0 Å². The summed E-state index contributed by atoms with van der Waals surface area (Å²) in [6.45, 7) is 6.05. The van der Waals surface area contributed by atoms with E-state index in [1.165, 1.54) is 96.3 Å². The van der Waals surface area contributed by atoms with Crippen molar-refractivity contribution >= 4 is 10.6 Å². The van der Waals surface area contributed by atoms with Crippen LogP contribution in [0.3, 0.4) is 0 Å². The zero-order chi connectivity index (χ0) is 15.3. The molecule has 0 amide bonds. The molecule has 0 aliphatic carbocycles. The summed E-state index contributed by atoms with van der Waals surface area (Å²) in [5.74, 6) is 0. The molecular weight excluding hydrogens is 312 g/mol. The summed E-state index contributed by atoms with van der Waals surface area (Å²) in [7, 11) is 3.65. The van der Waals surface area contributed by atoms with Gasteiger partial charge in [0.05, 0.1) is 0 Å². The Morgan fingerprint density at radius 1 is 0.650 bits per heavy atom. The van der Waals surface area contributed by atoms with Crippen LogP contribution < -0.4 is 0 Å². The Hall–Kier alpha value is 0.479. The van der Waals surface area contributed by atoms with Crippen LogP contribution in [-0.4, -0.2) is 0 Å². The summed E-state index contributed by atoms with van der Waals surface area (Å²) in [6.07, 6.45) is 23.5. The van der Waals surface area contributed by atoms with Crippen molar-refractivity contribution in [3.05, 3.63) is 12.7 Å². The predicted octanol–water partition coefficient (Wildman–Crippen LogP) is 7.69. The summed E-state index contributed by atoms with van der Waals surface area (Å²) >= 11 is 3.77. The van der Waals surface area contributed by atoms with E-state index in [0.717, 1.165) is 0 Å². The molecule has 0 unspecified atom stereocenters. The topological polar surface area (TPSA) is 0 Å². The first-order chi connectivity index (χ1) is 9.91. The van der Waals surface area contributed by atoms with Crippen molar-refractivity contribution in [2.45, 2.75) is 103 Å². The first-order valence-electron chi connectivity index (χ1n) is 8.65. The Labute approximate surface area is 140 Å². The SMILES string of the molecule is C=CCCCCCCCCCCCCCCCC.[S]=[Cu]. The molecule has 0 saturated heterocycles. The molecule has 0 heterocycles. The van der Waals surface area contributed by atoms with Crippen molar-refractivity contribution in [2.24, 2.45) is 0 Å². The molecular formula is C18H36CuS. The number of hydrogen-bond donors (Lipinski definition) is 0. The molecule has 20 heavy (non-hydrogen) atoms. The van der Waals surface area contributed by atoms with E-state index in [4.69, 9.17) is 0 Å². The van der Waals surface area contributed by atoms with Crippen LogP contribution in [-0.2, 0) is 14.4 Å². The Kier molecular flexibility index (Phi) is 27.9. The molecule has 0 saturated carbocycles. The van der Waals surface area contributed by atoms with Gasteiger partial charge in [-0.2, -0.15) is 0 Å². The van der Waals surface area contributed by atoms with Gasteiger partial charge in [-0.1, -0.05) is 96.5 Å². The van der Waals surface area contributed by atoms with E-state index in [0.29, 0.717) is 0 Å². The zero-order valence-corrected chi connectivity index (χ0v) is 15.4. The fourth-order valence-corrected chi connectivity index (χ4v) is 2.48. The van der Waals surface area contributed by atoms with Gasteiger partial charge in [0, 0.05) is 0 Å². The number of unbranched alkanes of at least 4 members (excludes halogenated alkanes) is 14. The van der Waals surface area contributed by atoms with Crippen LogP contribution in [0.25, 0.3) is 0 Å². The molecule has 0 N–H and O–H groups in total. The fraction of sp³-hybridized carbons (Fsp3) is 0.889. The van der Waals surface area contributed by atoms with E-state index in [-0.39, 0.29) is 0 Å². The van der Waals surface area contributed by atoms with Gasteiger partial charge < -0.3 is 0 Å². The number of hydrogen-bond acceptors (Lipinski definition) is 1. The summed E-state index contributed by atoms with van der Waals surface area (Å²) in [6, 6.07) is 0. The van der Waals surface area contributed by atoms with Crippen LogP contribution in [0, 0.1) is 0 Å². The third-order valence-corrected chi connectivity index (χ3v) is 3.76. The zero-order valence-electron chi connectivity index (χ0n) is 13.6. The van der Waals surface area contributed by atoms with Gasteiger partial charge in [-0.3, -0.25) is 0 Å². The molecule has 0 aliphatic rings. The van der Waals surface area contributed by atoms with Crippen molar-refractivity contribution < 1.29 is 14.4 Å². The molecule has 0 aliphatic heterocycles. The minimum absolute atomic E-state index is 1.21. The van der Waals surface area contributed by atoms with Gasteiger partial charge in [0.15, 0.2) is 0 Å². The number of rotatable bonds is 15. The summed E-state index contributed by atoms with van der Waals surface area (Å²) in [4.78, 5) is 0. The third kappa shape index (κ3) is 23.6. The van der Waals surface area contributed by atoms with Gasteiger partial charge >= 0.3 is 24.9 Å². The summed E-state index contributed by atoms with van der Waals surface area (Å²) < 4.78 is 0. The first kappa shape index (κ1) is 22.8. The molecule has 0 fully saturated rings. The van der Waals surface area contributed by atoms with Crippen LogP contribution in [0.5, 0.6) is 0 Å². The Morgan fingerprint density at radius 3 is 1.25 bits per heavy atom. The molecule has 125 valence electrons. The second-order valence-corrected chi connectivity index (χ2v) is 5.67. The maximum atomic E-state index is 3.77. The van der Waals surface area contributed by atoms with Crippen LogP contribution in [0.2, 0.25) is 0 Å². The van der Waals surface area contributed by atoms with Crippen molar-refractivity contribution in [3.63, 3.8) is 0 Å². The summed E-state index contributed by atoms with van der Waals surface area (Å²) in [5, 5.41) is 0. The average Bonchev–Trinajstić information content (AvgIpc) is 2.50. The van der Waals surface area contributed by atoms with Crippen molar-refractivity contribution in [3.8, 4) is 0 Å². The van der Waals surface area contributed by atoms with Crippen LogP contribution in [0.4, 0.5) is 0 Å². The van der Waals surface area contributed by atoms with Crippen LogP contribution >= 0.6 is 10.6 Å². The quantitative estimate of drug-likeness (QED) is 0.166. The molecule has 0 bridgehead atoms. The first-order valence-corrected chi connectivity index (χ1v) is 10.0. The number of allylic oxidation sites excluding steroid dienone is 1. The normalized spacial score (nSPS) is 9.95. The van der Waals surface area contributed by atoms with Crippen molar-refractivity contribution in [1.82, 2.24) is 0 Å². The Morgan fingerprint density at radius 2 is 0.950 bits per heavy atom. The predicted molar refractivity (Wildman–Crippen MR) is 92.7 cm³/mol. The summed E-state index contributed by atoms with van der Waals surface area (Å²) in [5.41, 5.74) is 0. The average molecular weight is 348 g/mol. The second kappa shape index (κ2) is 24.5. The van der Waals surface area contributed by atoms with Gasteiger partial charge in [-0.25, -0.2) is 0 Å². The van der Waals surface area contributed by atoms with Gasteiger partial charge in [-0.05, 0) is 12.8 Å². The van der Waals surface area contributed by atoms with E-state index in [9.17, 15) is 0 Å². The van der Waals surface area contributed by atoms with E-state index >= 15 is 0 Å². The fourth-order valence-electron chi connectivity index (χ4n) is 2.48. The van der Waals surface area contributed by atoms with Crippen molar-refractivity contribution in [2.75, 3.05) is 0 Å². The molecule has 0 radical (unpaired) electrons. The van der Waals surface area contributed by atoms with Crippen molar-refractivity contribution in [1.29, 1.82) is 0 Å². The molecule has 0 nitrogen and oxygen atoms in total. The second-order valence-electron chi connectivity index (χ2n) is 5.67. The van der Waals surface area contributed by atoms with Gasteiger partial charge in [0.1, 0.15) is 0 Å². The third-order valence-electron chi connectivity index (χ3n) is 3.76. The molecule has 0 aromatic rings. The van der Waals surface area contributed by atoms with Crippen LogP contribution in [0.15, 0.2) is 12.7 Å². The van der Waals surface area contributed by atoms with E-state index < -0.39 is 0 Å². The standard InChI is InChI=1S/C18H36.Cu.S/c1-3-5-7-9-11-13-15-17-18-16-14-12-10-8-6-4-2;;/h3H,1,4-18H2,2H3;;. The molecule has 0 atom stereocenters. The minimum atomic E-state index is 1.21. The Balaban J connectivity index is 0. The molecule has 0 aromatic carbocycles. The Bertz CT molecular complexity index is 171. The molecule has 0 rings (SSSR count). The van der Waals surface area contributed by atoms with E-state index in [1.807, 2.05) is 6.08 Å². The van der Waals surface area contributed by atoms with E-state index in [1.54, 1.807) is 0 Å². The molecule has 0 aromatic heterocycles. The monoisotopic (exact) mass is 347 g/mol. The molecule has 0 spiro atoms. The van der Waals surface area contributed by atoms with Crippen LogP contribution in [0.1, 0.15) is 103 Å². The maximum absolute atomic E-state index is 3.77. The van der Waals surface area contributed by atoms with E-state index in [2.05, 4.69) is 38.4 Å². The van der Waals surface area contributed by atoms with Gasteiger partial charge in [0.2, 0.25) is 0 Å².